The van der Waals surface area contributed by atoms with Gasteiger partial charge in [-0.05, 0) is 33.3 Å². The molecular formula is C18H24O6. The molecule has 3 aliphatic rings. The first kappa shape index (κ1) is 16.4. The lowest BCUT2D eigenvalue weighted by Crippen LogP contribution is -2.51. The minimum Gasteiger partial charge on any atom is -0.379 e. The van der Waals surface area contributed by atoms with Crippen LogP contribution in [-0.2, 0) is 29.3 Å². The number of fused-ring (bicyclic) bond motifs is 1. The van der Waals surface area contributed by atoms with E-state index < -0.39 is 41.8 Å². The summed E-state index contributed by atoms with van der Waals surface area (Å²) in [5.41, 5.74) is -0.661. The Hall–Kier alpha value is -1.02. The largest absolute Gasteiger partial charge is 0.379 e. The van der Waals surface area contributed by atoms with Crippen molar-refractivity contribution in [3.8, 4) is 0 Å². The van der Waals surface area contributed by atoms with E-state index in [1.54, 1.807) is 0 Å². The van der Waals surface area contributed by atoms with Crippen molar-refractivity contribution >= 4 is 0 Å². The van der Waals surface area contributed by atoms with Gasteiger partial charge in [0.25, 0.3) is 0 Å². The van der Waals surface area contributed by atoms with E-state index >= 15 is 0 Å². The number of hydrogen-bond acceptors (Lipinski definition) is 6. The van der Waals surface area contributed by atoms with Crippen molar-refractivity contribution in [3.05, 3.63) is 35.9 Å². The van der Waals surface area contributed by atoms with Gasteiger partial charge in [0.05, 0.1) is 6.61 Å². The molecule has 3 heterocycles. The molecule has 24 heavy (non-hydrogen) atoms. The molecule has 5 atom stereocenters. The zero-order chi connectivity index (χ0) is 17.2. The minimum atomic E-state index is -1.38. The summed E-state index contributed by atoms with van der Waals surface area (Å²) in [6, 6.07) is 9.41. The number of rotatable bonds is 2. The Morgan fingerprint density at radius 1 is 0.917 bits per heavy atom. The van der Waals surface area contributed by atoms with E-state index in [-0.39, 0.29) is 0 Å². The van der Waals surface area contributed by atoms with Crippen molar-refractivity contribution in [1.29, 1.82) is 0 Å². The number of ether oxygens (including phenoxy) is 5. The lowest BCUT2D eigenvalue weighted by molar-refractivity contribution is -0.250. The molecule has 0 radical (unpaired) electrons. The zero-order valence-electron chi connectivity index (χ0n) is 14.4. The standard InChI is InChI=1S/C18H24O6/c1-16(2)20-10-12(22-16)13-18(19,11-8-6-5-7-9-11)14-15(21-13)24-17(3,4)23-14/h5-9,12-15,19H,10H2,1-4H3/t12-,13-,14+,15-,18-/m1/s1. The Bertz CT molecular complexity index is 615. The van der Waals surface area contributed by atoms with Crippen molar-refractivity contribution < 1.29 is 28.8 Å². The number of aliphatic hydroxyl groups is 1. The highest BCUT2D eigenvalue weighted by Gasteiger charge is 2.66. The molecular weight excluding hydrogens is 312 g/mol. The van der Waals surface area contributed by atoms with Crippen molar-refractivity contribution in [3.63, 3.8) is 0 Å². The average Bonchev–Trinajstić information content (AvgIpc) is 3.11. The van der Waals surface area contributed by atoms with Crippen LogP contribution in [0, 0.1) is 0 Å². The van der Waals surface area contributed by atoms with Crippen molar-refractivity contribution in [2.45, 2.75) is 69.5 Å². The van der Waals surface area contributed by atoms with Gasteiger partial charge in [-0.2, -0.15) is 0 Å². The van der Waals surface area contributed by atoms with Gasteiger partial charge in [-0.1, -0.05) is 30.3 Å². The van der Waals surface area contributed by atoms with Crippen LogP contribution in [0.25, 0.3) is 0 Å². The van der Waals surface area contributed by atoms with E-state index in [1.807, 2.05) is 58.0 Å². The van der Waals surface area contributed by atoms with Crippen molar-refractivity contribution in [1.82, 2.24) is 0 Å². The van der Waals surface area contributed by atoms with Crippen LogP contribution in [0.3, 0.4) is 0 Å². The molecule has 1 aromatic rings. The van der Waals surface area contributed by atoms with Gasteiger partial charge in [0, 0.05) is 0 Å². The first-order chi connectivity index (χ1) is 11.2. The molecule has 1 N–H and O–H groups in total. The molecule has 6 nitrogen and oxygen atoms in total. The van der Waals surface area contributed by atoms with Crippen LogP contribution in [0.15, 0.2) is 30.3 Å². The topological polar surface area (TPSA) is 66.4 Å². The fraction of sp³-hybridized carbons (Fsp3) is 0.667. The summed E-state index contributed by atoms with van der Waals surface area (Å²) in [5, 5.41) is 11.7. The van der Waals surface area contributed by atoms with Crippen molar-refractivity contribution in [2.75, 3.05) is 6.61 Å². The second-order valence-electron chi connectivity index (χ2n) is 7.54. The Balaban J connectivity index is 1.72. The third-order valence-electron chi connectivity index (χ3n) is 4.81. The molecule has 0 aromatic heterocycles. The molecule has 3 aliphatic heterocycles. The fourth-order valence-electron chi connectivity index (χ4n) is 3.81. The monoisotopic (exact) mass is 336 g/mol. The molecule has 0 bridgehead atoms. The number of benzene rings is 1. The summed E-state index contributed by atoms with van der Waals surface area (Å²) in [4.78, 5) is 0. The minimum absolute atomic E-state index is 0.343. The third-order valence-corrected chi connectivity index (χ3v) is 4.81. The Morgan fingerprint density at radius 3 is 2.25 bits per heavy atom. The van der Waals surface area contributed by atoms with Crippen LogP contribution in [0.4, 0.5) is 0 Å². The second-order valence-corrected chi connectivity index (χ2v) is 7.54. The van der Waals surface area contributed by atoms with E-state index in [0.29, 0.717) is 6.61 Å². The molecule has 132 valence electrons. The summed E-state index contributed by atoms with van der Waals surface area (Å²) in [6.45, 7) is 7.66. The zero-order valence-corrected chi connectivity index (χ0v) is 14.4. The van der Waals surface area contributed by atoms with Crippen LogP contribution in [0.1, 0.15) is 33.3 Å². The predicted octanol–water partition coefficient (Wildman–Crippen LogP) is 1.90. The normalized spacial score (nSPS) is 43.0. The van der Waals surface area contributed by atoms with E-state index in [9.17, 15) is 5.11 Å². The molecule has 0 aliphatic carbocycles. The van der Waals surface area contributed by atoms with Gasteiger partial charge in [-0.15, -0.1) is 0 Å². The summed E-state index contributed by atoms with van der Waals surface area (Å²) >= 11 is 0. The third kappa shape index (κ3) is 2.49. The van der Waals surface area contributed by atoms with Crippen LogP contribution < -0.4 is 0 Å². The highest BCUT2D eigenvalue weighted by Crippen LogP contribution is 2.50. The van der Waals surface area contributed by atoms with Gasteiger partial charge in [0.1, 0.15) is 23.9 Å². The van der Waals surface area contributed by atoms with Gasteiger partial charge in [-0.3, -0.25) is 0 Å². The van der Waals surface area contributed by atoms with Gasteiger partial charge >= 0.3 is 0 Å². The maximum absolute atomic E-state index is 11.7. The van der Waals surface area contributed by atoms with E-state index in [2.05, 4.69) is 0 Å². The van der Waals surface area contributed by atoms with Crippen LogP contribution >= 0.6 is 0 Å². The summed E-state index contributed by atoms with van der Waals surface area (Å²) in [6.07, 6.45) is -2.34. The lowest BCUT2D eigenvalue weighted by atomic mass is 9.82. The SMILES string of the molecule is CC1(C)OC[C@H]([C@H]2O[C@@H]3OC(C)(C)O[C@@H]3[C@@]2(O)c2ccccc2)O1. The first-order valence-electron chi connectivity index (χ1n) is 8.32. The Labute approximate surface area is 141 Å². The maximum Gasteiger partial charge on any atom is 0.191 e. The van der Waals surface area contributed by atoms with Crippen molar-refractivity contribution in [2.24, 2.45) is 0 Å². The van der Waals surface area contributed by atoms with E-state index in [1.165, 1.54) is 0 Å². The van der Waals surface area contributed by atoms with Crippen LogP contribution in [0.5, 0.6) is 0 Å². The van der Waals surface area contributed by atoms with Crippen LogP contribution in [0.2, 0.25) is 0 Å². The second kappa shape index (κ2) is 5.24. The molecule has 3 fully saturated rings. The average molecular weight is 336 g/mol. The molecule has 1 aromatic carbocycles. The fourth-order valence-corrected chi connectivity index (χ4v) is 3.81. The van der Waals surface area contributed by atoms with Gasteiger partial charge < -0.3 is 28.8 Å². The lowest BCUT2D eigenvalue weighted by Gasteiger charge is -2.36. The Morgan fingerprint density at radius 2 is 1.62 bits per heavy atom. The van der Waals surface area contributed by atoms with Crippen LogP contribution in [-0.4, -0.2) is 47.9 Å². The summed E-state index contributed by atoms with van der Waals surface area (Å²) < 4.78 is 29.5. The summed E-state index contributed by atoms with van der Waals surface area (Å²) in [7, 11) is 0. The van der Waals surface area contributed by atoms with E-state index in [4.69, 9.17) is 23.7 Å². The molecule has 3 saturated heterocycles. The summed E-state index contributed by atoms with van der Waals surface area (Å²) in [5.74, 6) is -1.51. The molecule has 0 spiro atoms. The predicted molar refractivity (Wildman–Crippen MR) is 83.9 cm³/mol. The number of hydrogen-bond donors (Lipinski definition) is 1. The maximum atomic E-state index is 11.7. The molecule has 4 rings (SSSR count). The van der Waals surface area contributed by atoms with E-state index in [0.717, 1.165) is 5.56 Å². The smallest absolute Gasteiger partial charge is 0.191 e. The quantitative estimate of drug-likeness (QED) is 0.890. The van der Waals surface area contributed by atoms with Gasteiger partial charge in [0.15, 0.2) is 17.9 Å². The van der Waals surface area contributed by atoms with Gasteiger partial charge in [-0.25, -0.2) is 0 Å². The molecule has 0 unspecified atom stereocenters. The molecule has 0 saturated carbocycles. The molecule has 0 amide bonds. The van der Waals surface area contributed by atoms with Gasteiger partial charge in [0.2, 0.25) is 0 Å². The Kier molecular flexibility index (Phi) is 3.59. The highest BCUT2D eigenvalue weighted by molar-refractivity contribution is 5.29. The molecule has 6 heteroatoms. The highest BCUT2D eigenvalue weighted by atomic mass is 16.8. The first-order valence-corrected chi connectivity index (χ1v) is 8.32.